The third-order valence-corrected chi connectivity index (χ3v) is 4.52. The first kappa shape index (κ1) is 15.3. The van der Waals surface area contributed by atoms with Gasteiger partial charge in [0.1, 0.15) is 4.90 Å². The Balaban J connectivity index is 2.34. The normalized spacial score (nSPS) is 15.3. The van der Waals surface area contributed by atoms with Crippen LogP contribution in [-0.4, -0.2) is 56.7 Å². The van der Waals surface area contributed by atoms with E-state index in [1.165, 1.54) is 12.0 Å². The van der Waals surface area contributed by atoms with Crippen molar-refractivity contribution >= 4 is 25.6 Å². The molecule has 0 atom stereocenters. The van der Waals surface area contributed by atoms with Crippen LogP contribution in [0, 0.1) is 0 Å². The van der Waals surface area contributed by atoms with Gasteiger partial charge in [-0.05, 0) is 12.8 Å². The molecule has 1 aromatic rings. The summed E-state index contributed by atoms with van der Waals surface area (Å²) in [6.45, 7) is 0.688. The molecule has 0 aliphatic heterocycles. The first-order valence-corrected chi connectivity index (χ1v) is 8.44. The summed E-state index contributed by atoms with van der Waals surface area (Å²) in [5.74, 6) is -0.402. The molecule has 2 rings (SSSR count). The lowest BCUT2D eigenvalue weighted by Crippen LogP contribution is -2.31. The maximum Gasteiger partial charge on any atom is 0.275 e. The molecule has 1 aliphatic carbocycles. The van der Waals surface area contributed by atoms with E-state index >= 15 is 0 Å². The number of ether oxygens (including phenoxy) is 1. The van der Waals surface area contributed by atoms with E-state index in [2.05, 4.69) is 10.2 Å². The molecule has 9 heteroatoms. The first-order chi connectivity index (χ1) is 9.36. The molecule has 0 unspecified atom stereocenters. The number of rotatable bonds is 6. The van der Waals surface area contributed by atoms with Gasteiger partial charge in [-0.25, -0.2) is 8.42 Å². The van der Waals surface area contributed by atoms with Gasteiger partial charge in [0.15, 0.2) is 5.69 Å². The molecule has 0 radical (unpaired) electrons. The number of aromatic nitrogens is 2. The van der Waals surface area contributed by atoms with Crippen molar-refractivity contribution < 1.29 is 17.9 Å². The van der Waals surface area contributed by atoms with Crippen molar-refractivity contribution in [3.8, 4) is 0 Å². The lowest BCUT2D eigenvalue weighted by atomic mass is 10.2. The zero-order valence-electron chi connectivity index (χ0n) is 11.2. The van der Waals surface area contributed by atoms with Crippen molar-refractivity contribution in [2.24, 2.45) is 0 Å². The molecule has 112 valence electrons. The second-order valence-corrected chi connectivity index (χ2v) is 7.25. The molecule has 1 N–H and O–H groups in total. The number of halogens is 1. The molecule has 0 spiro atoms. The van der Waals surface area contributed by atoms with E-state index in [4.69, 9.17) is 15.4 Å². The summed E-state index contributed by atoms with van der Waals surface area (Å²) in [7, 11) is 4.50. The summed E-state index contributed by atoms with van der Waals surface area (Å²) in [5, 5.41) is 6.49. The van der Waals surface area contributed by atoms with E-state index < -0.39 is 15.0 Å². The third-order valence-electron chi connectivity index (χ3n) is 3.16. The Bertz CT molecular complexity index is 609. The molecular weight excluding hydrogens is 306 g/mol. The van der Waals surface area contributed by atoms with E-state index in [0.717, 1.165) is 12.8 Å². The van der Waals surface area contributed by atoms with Crippen molar-refractivity contribution in [1.82, 2.24) is 15.1 Å². The van der Waals surface area contributed by atoms with Gasteiger partial charge < -0.3 is 9.64 Å². The summed E-state index contributed by atoms with van der Waals surface area (Å²) in [6.07, 6.45) is 1.74. The zero-order valence-corrected chi connectivity index (χ0v) is 12.8. The predicted molar refractivity (Wildman–Crippen MR) is 72.4 cm³/mol. The number of H-pyrrole nitrogens is 1. The summed E-state index contributed by atoms with van der Waals surface area (Å²) < 4.78 is 28.3. The van der Waals surface area contributed by atoms with Crippen molar-refractivity contribution in [3.05, 3.63) is 11.4 Å². The van der Waals surface area contributed by atoms with Crippen molar-refractivity contribution in [3.63, 3.8) is 0 Å². The number of hydrogen-bond donors (Lipinski definition) is 1. The van der Waals surface area contributed by atoms with Crippen LogP contribution in [0.15, 0.2) is 4.90 Å². The average molecular weight is 322 g/mol. The van der Waals surface area contributed by atoms with Gasteiger partial charge in [0.25, 0.3) is 15.0 Å². The fourth-order valence-electron chi connectivity index (χ4n) is 1.90. The van der Waals surface area contributed by atoms with Crippen molar-refractivity contribution in [2.45, 2.75) is 23.7 Å². The summed E-state index contributed by atoms with van der Waals surface area (Å²) in [6, 6.07) is 0. The minimum absolute atomic E-state index is 0.0943. The zero-order chi connectivity index (χ0) is 14.9. The Hall–Kier alpha value is -1.12. The SMILES string of the molecule is COCCN(C)C(=O)c1n[nH]c(C2CC2)c1S(=O)(=O)Cl. The Morgan fingerprint density at radius 3 is 2.70 bits per heavy atom. The summed E-state index contributed by atoms with van der Waals surface area (Å²) >= 11 is 0. The van der Waals surface area contributed by atoms with Crippen LogP contribution in [0.3, 0.4) is 0 Å². The van der Waals surface area contributed by atoms with Gasteiger partial charge in [-0.3, -0.25) is 9.89 Å². The number of likely N-dealkylation sites (N-methyl/N-ethyl adjacent to an activating group) is 1. The van der Waals surface area contributed by atoms with Crippen LogP contribution >= 0.6 is 10.7 Å². The fraction of sp³-hybridized carbons (Fsp3) is 0.636. The first-order valence-electron chi connectivity index (χ1n) is 6.13. The standard InChI is InChI=1S/C11H16ClN3O4S/c1-15(5-6-19-2)11(16)9-10(20(12,17)18)8(13-14-9)7-3-4-7/h7H,3-6H2,1-2H3,(H,13,14). The molecule has 1 saturated carbocycles. The van der Waals surface area contributed by atoms with Crippen LogP contribution in [-0.2, 0) is 13.8 Å². The van der Waals surface area contributed by atoms with Gasteiger partial charge in [0.05, 0.1) is 12.3 Å². The molecule has 1 fully saturated rings. The third kappa shape index (κ3) is 3.13. The quantitative estimate of drug-likeness (QED) is 0.787. The molecule has 20 heavy (non-hydrogen) atoms. The number of nitrogens with zero attached hydrogens (tertiary/aromatic N) is 2. The number of nitrogens with one attached hydrogen (secondary N) is 1. The molecular formula is C11H16ClN3O4S. The van der Waals surface area contributed by atoms with Crippen LogP contribution in [0.25, 0.3) is 0 Å². The maximum atomic E-state index is 12.2. The highest BCUT2D eigenvalue weighted by atomic mass is 35.7. The molecule has 1 aliphatic rings. The number of hydrogen-bond acceptors (Lipinski definition) is 5. The lowest BCUT2D eigenvalue weighted by molar-refractivity contribution is 0.0735. The van der Waals surface area contributed by atoms with Crippen molar-refractivity contribution in [2.75, 3.05) is 27.3 Å². The number of amides is 1. The highest BCUT2D eigenvalue weighted by Crippen LogP contribution is 2.43. The Morgan fingerprint density at radius 2 is 2.20 bits per heavy atom. The molecule has 1 heterocycles. The highest BCUT2D eigenvalue weighted by molar-refractivity contribution is 8.13. The van der Waals surface area contributed by atoms with E-state index in [9.17, 15) is 13.2 Å². The minimum atomic E-state index is -4.03. The van der Waals surface area contributed by atoms with Gasteiger partial charge in [-0.2, -0.15) is 5.10 Å². The fourth-order valence-corrected chi connectivity index (χ4v) is 3.20. The van der Waals surface area contributed by atoms with Crippen LogP contribution < -0.4 is 0 Å². The second-order valence-electron chi connectivity index (χ2n) is 4.75. The van der Waals surface area contributed by atoms with Crippen LogP contribution in [0.2, 0.25) is 0 Å². The average Bonchev–Trinajstić information content (AvgIpc) is 3.12. The highest BCUT2D eigenvalue weighted by Gasteiger charge is 2.37. The van der Waals surface area contributed by atoms with E-state index in [1.807, 2.05) is 0 Å². The molecule has 7 nitrogen and oxygen atoms in total. The van der Waals surface area contributed by atoms with Gasteiger partial charge >= 0.3 is 0 Å². The minimum Gasteiger partial charge on any atom is -0.383 e. The Kier molecular flexibility index (Phi) is 4.36. The lowest BCUT2D eigenvalue weighted by Gasteiger charge is -2.15. The van der Waals surface area contributed by atoms with Crippen LogP contribution in [0.1, 0.15) is 34.9 Å². The monoisotopic (exact) mass is 321 g/mol. The largest absolute Gasteiger partial charge is 0.383 e. The molecule has 0 aromatic carbocycles. The van der Waals surface area contributed by atoms with Gasteiger partial charge in [-0.1, -0.05) is 0 Å². The summed E-state index contributed by atoms with van der Waals surface area (Å²) in [4.78, 5) is 13.4. The van der Waals surface area contributed by atoms with E-state index in [0.29, 0.717) is 18.8 Å². The molecule has 0 saturated heterocycles. The number of methoxy groups -OCH3 is 1. The predicted octanol–water partition coefficient (Wildman–Crippen LogP) is 0.933. The van der Waals surface area contributed by atoms with Crippen LogP contribution in [0.4, 0.5) is 0 Å². The topological polar surface area (TPSA) is 92.4 Å². The van der Waals surface area contributed by atoms with Crippen LogP contribution in [0.5, 0.6) is 0 Å². The maximum absolute atomic E-state index is 12.2. The van der Waals surface area contributed by atoms with Gasteiger partial charge in [0, 0.05) is 37.3 Å². The molecule has 1 amide bonds. The Morgan fingerprint density at radius 1 is 1.55 bits per heavy atom. The van der Waals surface area contributed by atoms with Gasteiger partial charge in [-0.15, -0.1) is 0 Å². The Labute approximate surface area is 121 Å². The number of aromatic amines is 1. The second kappa shape index (κ2) is 5.71. The molecule has 0 bridgehead atoms. The number of carbonyl (C=O) groups is 1. The van der Waals surface area contributed by atoms with E-state index in [-0.39, 0.29) is 16.5 Å². The van der Waals surface area contributed by atoms with E-state index in [1.54, 1.807) is 7.05 Å². The smallest absolute Gasteiger partial charge is 0.275 e. The summed E-state index contributed by atoms with van der Waals surface area (Å²) in [5.41, 5.74) is 0.281. The van der Waals surface area contributed by atoms with Gasteiger partial charge in [0.2, 0.25) is 0 Å². The van der Waals surface area contributed by atoms with Crippen molar-refractivity contribution in [1.29, 1.82) is 0 Å². The molecule has 1 aromatic heterocycles. The number of carbonyl (C=O) groups excluding carboxylic acids is 1.